The monoisotopic (exact) mass is 402 g/mol. The summed E-state index contributed by atoms with van der Waals surface area (Å²) in [5.41, 5.74) is 7.98. The average Bonchev–Trinajstić information content (AvgIpc) is 3.16. The first-order valence-electron chi connectivity index (χ1n) is 9.30. The summed E-state index contributed by atoms with van der Waals surface area (Å²) in [7, 11) is 0. The third-order valence-electron chi connectivity index (χ3n) is 4.26. The van der Waals surface area contributed by atoms with Crippen LogP contribution in [0.25, 0.3) is 11.4 Å². The maximum absolute atomic E-state index is 5.77. The number of hydrogen-bond donors (Lipinski definition) is 1. The minimum absolute atomic E-state index is 0. The van der Waals surface area contributed by atoms with E-state index in [0.717, 1.165) is 30.8 Å². The normalized spacial score (nSPS) is 10.7. The lowest BCUT2D eigenvalue weighted by Gasteiger charge is -2.19. The summed E-state index contributed by atoms with van der Waals surface area (Å²) in [5.74, 6) is 2.02. The van der Waals surface area contributed by atoms with E-state index in [1.54, 1.807) is 0 Å². The molecule has 0 aliphatic carbocycles. The average molecular weight is 403 g/mol. The number of ether oxygens (including phenoxy) is 1. The lowest BCUT2D eigenvalue weighted by atomic mass is 10.1. The number of nitrogens with zero attached hydrogens (tertiary/aromatic N) is 3. The van der Waals surface area contributed by atoms with Gasteiger partial charge in [0.05, 0.1) is 13.2 Å². The highest BCUT2D eigenvalue weighted by Gasteiger charge is 2.13. The molecule has 0 radical (unpaired) electrons. The van der Waals surface area contributed by atoms with E-state index in [1.807, 2.05) is 37.3 Å². The Morgan fingerprint density at radius 1 is 1.04 bits per heavy atom. The van der Waals surface area contributed by atoms with Crippen LogP contribution in [0.5, 0.6) is 5.75 Å². The van der Waals surface area contributed by atoms with Crippen LogP contribution in [0.15, 0.2) is 59.1 Å². The van der Waals surface area contributed by atoms with Gasteiger partial charge < -0.3 is 15.0 Å². The molecule has 0 unspecified atom stereocenters. The summed E-state index contributed by atoms with van der Waals surface area (Å²) >= 11 is 0. The number of nitrogens with two attached hydrogens (primary N) is 1. The Kier molecular flexibility index (Phi) is 8.94. The van der Waals surface area contributed by atoms with Gasteiger partial charge >= 0.3 is 0 Å². The summed E-state index contributed by atoms with van der Waals surface area (Å²) in [6.45, 7) is 5.47. The molecule has 3 aromatic rings. The van der Waals surface area contributed by atoms with Crippen molar-refractivity contribution in [3.8, 4) is 17.1 Å². The predicted octanol–water partition coefficient (Wildman–Crippen LogP) is 3.56. The van der Waals surface area contributed by atoms with Crippen molar-refractivity contribution in [2.45, 2.75) is 19.9 Å². The second-order valence-electron chi connectivity index (χ2n) is 6.27. The molecule has 0 amide bonds. The van der Waals surface area contributed by atoms with Gasteiger partial charge in [-0.25, -0.2) is 0 Å². The van der Waals surface area contributed by atoms with Crippen LogP contribution in [0.4, 0.5) is 0 Å². The molecule has 28 heavy (non-hydrogen) atoms. The molecule has 150 valence electrons. The first-order valence-corrected chi connectivity index (χ1v) is 9.30. The zero-order valence-corrected chi connectivity index (χ0v) is 16.9. The topological polar surface area (TPSA) is 77.4 Å². The SMILES string of the molecule is CCOc1ccc(-c2noc(CN(CCN)CCc3ccccc3)n2)cc1.Cl. The summed E-state index contributed by atoms with van der Waals surface area (Å²) in [6, 6.07) is 18.1. The van der Waals surface area contributed by atoms with Crippen molar-refractivity contribution >= 4 is 12.4 Å². The Balaban J connectivity index is 0.00000280. The molecule has 0 aliphatic rings. The molecule has 6 nitrogen and oxygen atoms in total. The summed E-state index contributed by atoms with van der Waals surface area (Å²) in [5, 5.41) is 4.11. The van der Waals surface area contributed by atoms with Gasteiger partial charge in [0.15, 0.2) is 0 Å². The molecule has 2 aromatic carbocycles. The lowest BCUT2D eigenvalue weighted by Crippen LogP contribution is -2.31. The summed E-state index contributed by atoms with van der Waals surface area (Å²) in [4.78, 5) is 6.77. The van der Waals surface area contributed by atoms with Gasteiger partial charge in [0.25, 0.3) is 0 Å². The summed E-state index contributed by atoms with van der Waals surface area (Å²) in [6.07, 6.45) is 0.959. The van der Waals surface area contributed by atoms with Gasteiger partial charge in [-0.1, -0.05) is 35.5 Å². The maximum atomic E-state index is 5.77. The highest BCUT2D eigenvalue weighted by Crippen LogP contribution is 2.20. The molecule has 7 heteroatoms. The first-order chi connectivity index (χ1) is 13.3. The molecule has 0 fully saturated rings. The van der Waals surface area contributed by atoms with E-state index in [4.69, 9.17) is 15.0 Å². The van der Waals surface area contributed by atoms with Crippen molar-refractivity contribution in [2.24, 2.45) is 5.73 Å². The van der Waals surface area contributed by atoms with Gasteiger partial charge in [-0.15, -0.1) is 12.4 Å². The van der Waals surface area contributed by atoms with Crippen molar-refractivity contribution < 1.29 is 9.26 Å². The number of halogens is 1. The van der Waals surface area contributed by atoms with Gasteiger partial charge in [0, 0.05) is 25.2 Å². The molecule has 3 rings (SSSR count). The minimum Gasteiger partial charge on any atom is -0.494 e. The van der Waals surface area contributed by atoms with Crippen LogP contribution >= 0.6 is 12.4 Å². The molecule has 0 saturated carbocycles. The van der Waals surface area contributed by atoms with E-state index in [-0.39, 0.29) is 12.4 Å². The van der Waals surface area contributed by atoms with Crippen molar-refractivity contribution in [3.63, 3.8) is 0 Å². The molecule has 0 saturated heterocycles. The van der Waals surface area contributed by atoms with Crippen LogP contribution in [-0.2, 0) is 13.0 Å². The van der Waals surface area contributed by atoms with E-state index in [1.165, 1.54) is 5.56 Å². The fourth-order valence-electron chi connectivity index (χ4n) is 2.88. The van der Waals surface area contributed by atoms with E-state index < -0.39 is 0 Å². The van der Waals surface area contributed by atoms with E-state index in [0.29, 0.717) is 31.4 Å². The second-order valence-corrected chi connectivity index (χ2v) is 6.27. The summed E-state index contributed by atoms with van der Waals surface area (Å²) < 4.78 is 10.9. The smallest absolute Gasteiger partial charge is 0.241 e. The molecular weight excluding hydrogens is 376 g/mol. The molecular formula is C21H27ClN4O2. The van der Waals surface area contributed by atoms with Crippen LogP contribution in [0.2, 0.25) is 0 Å². The quantitative estimate of drug-likeness (QED) is 0.558. The first kappa shape index (κ1) is 21.9. The number of aromatic nitrogens is 2. The molecule has 1 heterocycles. The lowest BCUT2D eigenvalue weighted by molar-refractivity contribution is 0.234. The molecule has 0 aliphatic heterocycles. The maximum Gasteiger partial charge on any atom is 0.241 e. The Labute approximate surface area is 172 Å². The van der Waals surface area contributed by atoms with Crippen LogP contribution in [0, 0.1) is 0 Å². The van der Waals surface area contributed by atoms with Crippen molar-refractivity contribution in [2.75, 3.05) is 26.2 Å². The zero-order valence-electron chi connectivity index (χ0n) is 16.1. The molecule has 1 aromatic heterocycles. The fraction of sp³-hybridized carbons (Fsp3) is 0.333. The van der Waals surface area contributed by atoms with Crippen LogP contribution in [0.1, 0.15) is 18.4 Å². The number of hydrogen-bond acceptors (Lipinski definition) is 6. The predicted molar refractivity (Wildman–Crippen MR) is 113 cm³/mol. The number of rotatable bonds is 10. The highest BCUT2D eigenvalue weighted by atomic mass is 35.5. The van der Waals surface area contributed by atoms with Crippen molar-refractivity contribution in [3.05, 3.63) is 66.1 Å². The molecule has 0 bridgehead atoms. The van der Waals surface area contributed by atoms with Crippen LogP contribution in [-0.4, -0.2) is 41.3 Å². The standard InChI is InChI=1S/C21H26N4O2.ClH/c1-2-26-19-10-8-18(9-11-19)21-23-20(27-24-21)16-25(15-13-22)14-12-17-6-4-3-5-7-17;/h3-11H,2,12-16,22H2,1H3;1H. The Morgan fingerprint density at radius 3 is 2.46 bits per heavy atom. The van der Waals surface area contributed by atoms with Crippen LogP contribution in [0.3, 0.4) is 0 Å². The zero-order chi connectivity index (χ0) is 18.9. The Morgan fingerprint density at radius 2 is 1.79 bits per heavy atom. The van der Waals surface area contributed by atoms with Crippen LogP contribution < -0.4 is 10.5 Å². The van der Waals surface area contributed by atoms with Crippen molar-refractivity contribution in [1.82, 2.24) is 15.0 Å². The van der Waals surface area contributed by atoms with E-state index in [9.17, 15) is 0 Å². The van der Waals surface area contributed by atoms with Gasteiger partial charge in [-0.05, 0) is 43.2 Å². The largest absolute Gasteiger partial charge is 0.494 e. The van der Waals surface area contributed by atoms with Gasteiger partial charge in [-0.2, -0.15) is 4.98 Å². The van der Waals surface area contributed by atoms with Gasteiger partial charge in [-0.3, -0.25) is 4.90 Å². The molecule has 2 N–H and O–H groups in total. The molecule has 0 atom stereocenters. The highest BCUT2D eigenvalue weighted by molar-refractivity contribution is 5.85. The second kappa shape index (κ2) is 11.4. The minimum atomic E-state index is 0. The van der Waals surface area contributed by atoms with Gasteiger partial charge in [0.1, 0.15) is 5.75 Å². The Bertz CT molecular complexity index is 809. The Hall–Kier alpha value is -2.41. The van der Waals surface area contributed by atoms with Gasteiger partial charge in [0.2, 0.25) is 11.7 Å². The van der Waals surface area contributed by atoms with E-state index in [2.05, 4.69) is 39.3 Å². The van der Waals surface area contributed by atoms with E-state index >= 15 is 0 Å². The third kappa shape index (κ3) is 6.34. The number of benzene rings is 2. The fourth-order valence-corrected chi connectivity index (χ4v) is 2.88. The molecule has 0 spiro atoms. The third-order valence-corrected chi connectivity index (χ3v) is 4.26. The van der Waals surface area contributed by atoms with Crippen molar-refractivity contribution in [1.29, 1.82) is 0 Å².